The Kier molecular flexibility index (Phi) is 18.6. The van der Waals surface area contributed by atoms with Gasteiger partial charge in [-0.3, -0.25) is 4.79 Å². The normalized spacial score (nSPS) is 14.0. The number of hydrogen-bond donors (Lipinski definition) is 0. The molecule has 0 saturated carbocycles. The van der Waals surface area contributed by atoms with Gasteiger partial charge in [-0.15, -0.1) is 19.4 Å². The van der Waals surface area contributed by atoms with Crippen molar-refractivity contribution in [3.8, 4) is 12.8 Å². The van der Waals surface area contributed by atoms with Crippen molar-refractivity contribution >= 4 is 17.4 Å². The first-order valence-corrected chi connectivity index (χ1v) is 14.9. The molecule has 2 aromatic carbocycles. The van der Waals surface area contributed by atoms with Gasteiger partial charge >= 0.3 is 5.97 Å². The number of carbonyl (C=O) groups is 1. The summed E-state index contributed by atoms with van der Waals surface area (Å²) in [4.78, 5) is 17.0. The van der Waals surface area contributed by atoms with Crippen molar-refractivity contribution in [1.29, 1.82) is 0 Å². The number of benzene rings is 2. The topological polar surface area (TPSA) is 57.1 Å². The van der Waals surface area contributed by atoms with Crippen LogP contribution in [0.25, 0.3) is 5.57 Å². The van der Waals surface area contributed by atoms with Gasteiger partial charge in [-0.2, -0.15) is 0 Å². The molecular weight excluding hydrogens is 522 g/mol. The molecule has 0 N–H and O–H groups in total. The Morgan fingerprint density at radius 2 is 1.69 bits per heavy atom. The lowest BCUT2D eigenvalue weighted by Gasteiger charge is -2.23. The SMILES string of the molecule is C#C.C=CCC(CCC/C=C(\C)OCCC1=C(c2ccccc2)COC(c2ccccc2)=N1)C(CC)C(=O)OC.CC. The number of nitrogens with zero attached hydrogens (tertiary/aromatic N) is 1. The highest BCUT2D eigenvalue weighted by Crippen LogP contribution is 2.29. The standard InChI is InChI=1S/C33H41NO4.C2H6.C2H2/c1-5-15-26(29(6-2)33(35)36-4)19-14-13-16-25(3)37-23-22-31-30(27-17-9-7-10-18-27)24-38-32(34-31)28-20-11-8-12-21-28;2*1-2/h5,7-12,16-18,20-21,26,29H,1,6,13-15,19,22-24H2,2-4H3;1-2H3;1-2H/b25-16+;;. The minimum Gasteiger partial charge on any atom is -0.498 e. The van der Waals surface area contributed by atoms with E-state index in [4.69, 9.17) is 19.2 Å². The lowest BCUT2D eigenvalue weighted by atomic mass is 9.83. The molecule has 0 amide bonds. The van der Waals surface area contributed by atoms with E-state index in [9.17, 15) is 4.79 Å². The van der Waals surface area contributed by atoms with E-state index in [1.54, 1.807) is 0 Å². The third kappa shape index (κ3) is 11.8. The molecule has 1 aliphatic heterocycles. The van der Waals surface area contributed by atoms with Crippen LogP contribution < -0.4 is 0 Å². The van der Waals surface area contributed by atoms with Gasteiger partial charge in [-0.1, -0.05) is 75.4 Å². The molecule has 5 heteroatoms. The van der Waals surface area contributed by atoms with Gasteiger partial charge in [0.1, 0.15) is 6.61 Å². The number of ether oxygens (including phenoxy) is 3. The summed E-state index contributed by atoms with van der Waals surface area (Å²) in [6.45, 7) is 12.9. The number of unbranched alkanes of at least 4 members (excludes halogenated alkanes) is 1. The van der Waals surface area contributed by atoms with Crippen LogP contribution in [0.1, 0.15) is 77.3 Å². The summed E-state index contributed by atoms with van der Waals surface area (Å²) >= 11 is 0. The molecule has 0 saturated heterocycles. The van der Waals surface area contributed by atoms with Crippen molar-refractivity contribution in [2.75, 3.05) is 20.3 Å². The molecular formula is C37H49NO4. The Morgan fingerprint density at radius 1 is 1.07 bits per heavy atom. The van der Waals surface area contributed by atoms with Crippen molar-refractivity contribution in [3.63, 3.8) is 0 Å². The number of methoxy groups -OCH3 is 1. The molecule has 42 heavy (non-hydrogen) atoms. The van der Waals surface area contributed by atoms with Crippen molar-refractivity contribution < 1.29 is 19.0 Å². The fraction of sp³-hybridized carbons (Fsp3) is 0.405. The predicted octanol–water partition coefficient (Wildman–Crippen LogP) is 9.02. The van der Waals surface area contributed by atoms with Crippen LogP contribution in [0.3, 0.4) is 0 Å². The fourth-order valence-corrected chi connectivity index (χ4v) is 4.87. The number of allylic oxidation sites excluding steroid dienone is 3. The highest BCUT2D eigenvalue weighted by Gasteiger charge is 2.26. The molecule has 3 rings (SSSR count). The molecule has 0 spiro atoms. The third-order valence-corrected chi connectivity index (χ3v) is 6.94. The van der Waals surface area contributed by atoms with Gasteiger partial charge in [0.2, 0.25) is 5.90 Å². The van der Waals surface area contributed by atoms with Crippen LogP contribution in [0, 0.1) is 24.7 Å². The fourth-order valence-electron chi connectivity index (χ4n) is 4.87. The second-order valence-electron chi connectivity index (χ2n) is 9.53. The zero-order valence-corrected chi connectivity index (χ0v) is 26.2. The largest absolute Gasteiger partial charge is 0.498 e. The summed E-state index contributed by atoms with van der Waals surface area (Å²) in [5.41, 5.74) is 4.19. The van der Waals surface area contributed by atoms with Crippen molar-refractivity contribution in [3.05, 3.63) is 102 Å². The summed E-state index contributed by atoms with van der Waals surface area (Å²) in [6, 6.07) is 20.3. The summed E-state index contributed by atoms with van der Waals surface area (Å²) in [5, 5.41) is 0. The van der Waals surface area contributed by atoms with E-state index in [2.05, 4.69) is 37.6 Å². The Labute approximate surface area is 254 Å². The maximum atomic E-state index is 12.2. The maximum absolute atomic E-state index is 12.2. The van der Waals surface area contributed by atoms with Gasteiger partial charge in [0.15, 0.2) is 0 Å². The van der Waals surface area contributed by atoms with Gasteiger partial charge in [-0.05, 0) is 68.7 Å². The van der Waals surface area contributed by atoms with Crippen LogP contribution in [-0.2, 0) is 19.0 Å². The number of terminal acetylenes is 1. The van der Waals surface area contributed by atoms with Crippen LogP contribution in [0.4, 0.5) is 0 Å². The Balaban J connectivity index is 0.00000211. The molecule has 0 radical (unpaired) electrons. The van der Waals surface area contributed by atoms with Gasteiger partial charge in [0, 0.05) is 17.6 Å². The lowest BCUT2D eigenvalue weighted by molar-refractivity contribution is -0.147. The van der Waals surface area contributed by atoms with Crippen LogP contribution in [0.2, 0.25) is 0 Å². The molecule has 0 aromatic heterocycles. The van der Waals surface area contributed by atoms with Crippen LogP contribution in [0.15, 0.2) is 95.8 Å². The highest BCUT2D eigenvalue weighted by atomic mass is 16.5. The number of carbonyl (C=O) groups excluding carboxylic acids is 1. The molecule has 1 aliphatic rings. The quantitative estimate of drug-likeness (QED) is 0.0704. The zero-order valence-electron chi connectivity index (χ0n) is 26.2. The van der Waals surface area contributed by atoms with E-state index in [1.807, 2.05) is 82.3 Å². The number of hydrogen-bond acceptors (Lipinski definition) is 5. The minimum atomic E-state index is -0.121. The molecule has 2 unspecified atom stereocenters. The molecule has 5 nitrogen and oxygen atoms in total. The summed E-state index contributed by atoms with van der Waals surface area (Å²) < 4.78 is 17.1. The second kappa shape index (κ2) is 21.7. The van der Waals surface area contributed by atoms with Crippen LogP contribution in [0.5, 0.6) is 0 Å². The summed E-state index contributed by atoms with van der Waals surface area (Å²) in [6.07, 6.45) is 17.2. The molecule has 0 bridgehead atoms. The molecule has 226 valence electrons. The van der Waals surface area contributed by atoms with Gasteiger partial charge in [0.05, 0.1) is 31.1 Å². The molecule has 1 heterocycles. The van der Waals surface area contributed by atoms with E-state index in [0.717, 1.165) is 60.3 Å². The molecule has 2 atom stereocenters. The van der Waals surface area contributed by atoms with E-state index >= 15 is 0 Å². The first-order chi connectivity index (χ1) is 20.6. The average molecular weight is 572 g/mol. The third-order valence-electron chi connectivity index (χ3n) is 6.94. The van der Waals surface area contributed by atoms with Crippen LogP contribution >= 0.6 is 0 Å². The van der Waals surface area contributed by atoms with Crippen molar-refractivity contribution in [2.45, 2.75) is 66.2 Å². The monoisotopic (exact) mass is 571 g/mol. The van der Waals surface area contributed by atoms with Gasteiger partial charge < -0.3 is 14.2 Å². The number of esters is 1. The second-order valence-corrected chi connectivity index (χ2v) is 9.53. The Hall–Kier alpha value is -4.04. The van der Waals surface area contributed by atoms with E-state index in [1.165, 1.54) is 7.11 Å². The molecule has 2 aromatic rings. The summed E-state index contributed by atoms with van der Waals surface area (Å²) in [7, 11) is 1.46. The van der Waals surface area contributed by atoms with Gasteiger partial charge in [-0.25, -0.2) is 4.99 Å². The minimum absolute atomic E-state index is 0.0767. The lowest BCUT2D eigenvalue weighted by Crippen LogP contribution is -2.24. The maximum Gasteiger partial charge on any atom is 0.308 e. The van der Waals surface area contributed by atoms with Crippen molar-refractivity contribution in [1.82, 2.24) is 0 Å². The zero-order chi connectivity index (χ0) is 31.2. The highest BCUT2D eigenvalue weighted by molar-refractivity contribution is 5.97. The Bertz CT molecular complexity index is 1160. The van der Waals surface area contributed by atoms with Gasteiger partial charge in [0.25, 0.3) is 0 Å². The number of rotatable bonds is 15. The first-order valence-electron chi connectivity index (χ1n) is 14.9. The summed E-state index contributed by atoms with van der Waals surface area (Å²) in [5.74, 6) is 1.62. The first kappa shape index (κ1) is 36.0. The average Bonchev–Trinajstić information content (AvgIpc) is 3.06. The smallest absolute Gasteiger partial charge is 0.308 e. The van der Waals surface area contributed by atoms with Crippen molar-refractivity contribution in [2.24, 2.45) is 16.8 Å². The molecule has 0 fully saturated rings. The number of aliphatic imine (C=N–C) groups is 1. The predicted molar refractivity (Wildman–Crippen MR) is 176 cm³/mol. The van der Waals surface area contributed by atoms with E-state index in [-0.39, 0.29) is 17.8 Å². The van der Waals surface area contributed by atoms with E-state index < -0.39 is 0 Å². The Morgan fingerprint density at radius 3 is 2.26 bits per heavy atom. The van der Waals surface area contributed by atoms with Crippen LogP contribution in [-0.4, -0.2) is 32.2 Å². The van der Waals surface area contributed by atoms with E-state index in [0.29, 0.717) is 25.5 Å². The molecule has 0 aliphatic carbocycles.